The first-order valence-electron chi connectivity index (χ1n) is 29.0. The van der Waals surface area contributed by atoms with Crippen molar-refractivity contribution in [3.05, 3.63) is 313 Å². The molecule has 3 aliphatic carbocycles. The second-order valence-corrected chi connectivity index (χ2v) is 23.0. The number of benzene rings is 12. The van der Waals surface area contributed by atoms with E-state index in [-0.39, 0.29) is 12.0 Å². The van der Waals surface area contributed by atoms with E-state index < -0.39 is 5.41 Å². The first kappa shape index (κ1) is 45.1. The fourth-order valence-corrected chi connectivity index (χ4v) is 15.8. The van der Waals surface area contributed by atoms with Crippen molar-refractivity contribution in [2.75, 3.05) is 4.90 Å². The monoisotopic (exact) mass is 1060 g/mol. The zero-order valence-electron chi connectivity index (χ0n) is 45.0. The second-order valence-electron chi connectivity index (χ2n) is 23.0. The summed E-state index contributed by atoms with van der Waals surface area (Å²) in [6, 6.07) is 97.4. The number of hydrogen-bond acceptors (Lipinski definition) is 2. The number of anilines is 2. The van der Waals surface area contributed by atoms with E-state index in [2.05, 4.69) is 299 Å². The predicted molar refractivity (Wildman–Crippen MR) is 343 cm³/mol. The van der Waals surface area contributed by atoms with Gasteiger partial charge < -0.3 is 18.5 Å². The van der Waals surface area contributed by atoms with Crippen LogP contribution in [-0.2, 0) is 5.41 Å². The molecule has 1 aliphatic heterocycles. The van der Waals surface area contributed by atoms with Gasteiger partial charge in [-0.05, 0) is 146 Å². The summed E-state index contributed by atoms with van der Waals surface area (Å²) in [4.78, 5) is 2.57. The summed E-state index contributed by atoms with van der Waals surface area (Å²) in [5.41, 5.74) is 27.4. The maximum Gasteiger partial charge on any atom is 0.136 e. The standard InChI is InChI=1S/C79H49N3O/c1-4-19-51(20-5-1)80-70-43-36-50(47-63(70)59-40-41-68-75(76(59)80)61-28-12-16-32-67(61)79(68)65-30-14-10-25-55(65)56-26-11-15-31-66(56)79)54-29-18-34-73-74(54)64-46-49(37-44-72(64)83-73)48-35-42-71-62(45-48)60-39-38-58-57-27-13-17-33-69(57)81(52-21-6-2-7-22-52)77(58)78(60)82(71)53-23-8-3-9-24-53/h1-47,57,69H. The highest BCUT2D eigenvalue weighted by molar-refractivity contribution is 6.20. The number of fused-ring (bicyclic) bond motifs is 24. The van der Waals surface area contributed by atoms with Crippen LogP contribution in [0.4, 0.5) is 11.4 Å². The van der Waals surface area contributed by atoms with Crippen LogP contribution in [0.15, 0.2) is 290 Å². The minimum absolute atomic E-state index is 0.181. The molecule has 19 rings (SSSR count). The van der Waals surface area contributed by atoms with Crippen molar-refractivity contribution in [2.45, 2.75) is 17.4 Å². The minimum atomic E-state index is -0.445. The van der Waals surface area contributed by atoms with E-state index >= 15 is 0 Å². The maximum absolute atomic E-state index is 6.79. The molecule has 4 heteroatoms. The summed E-state index contributed by atoms with van der Waals surface area (Å²) < 4.78 is 11.8. The lowest BCUT2D eigenvalue weighted by Crippen LogP contribution is -2.28. The number of rotatable bonds is 5. The van der Waals surface area contributed by atoms with Gasteiger partial charge in [-0.2, -0.15) is 0 Å². The Hall–Kier alpha value is -10.7. The highest BCUT2D eigenvalue weighted by atomic mass is 16.3. The Morgan fingerprint density at radius 1 is 0.349 bits per heavy atom. The number of allylic oxidation sites excluding steroid dienone is 2. The van der Waals surface area contributed by atoms with E-state index in [0.717, 1.165) is 55.6 Å². The molecule has 2 unspecified atom stereocenters. The van der Waals surface area contributed by atoms with Gasteiger partial charge in [0, 0.05) is 60.9 Å². The molecule has 0 radical (unpaired) electrons. The van der Waals surface area contributed by atoms with E-state index in [4.69, 9.17) is 4.42 Å². The van der Waals surface area contributed by atoms with E-state index in [0.29, 0.717) is 0 Å². The van der Waals surface area contributed by atoms with Crippen molar-refractivity contribution in [2.24, 2.45) is 0 Å². The highest BCUT2D eigenvalue weighted by Crippen LogP contribution is 2.64. The Bertz CT molecular complexity index is 5300. The Kier molecular flexibility index (Phi) is 9.07. The lowest BCUT2D eigenvalue weighted by Gasteiger charge is -2.30. The van der Waals surface area contributed by atoms with Crippen LogP contribution in [0.2, 0.25) is 0 Å². The number of para-hydroxylation sites is 3. The summed E-state index contributed by atoms with van der Waals surface area (Å²) in [5.74, 6) is 0.247. The number of hydrogen-bond donors (Lipinski definition) is 0. The van der Waals surface area contributed by atoms with Crippen LogP contribution in [0.25, 0.3) is 121 Å². The fraction of sp³-hybridized carbons (Fsp3) is 0.0380. The van der Waals surface area contributed by atoms with Gasteiger partial charge >= 0.3 is 0 Å². The molecule has 2 atom stereocenters. The third-order valence-electron chi connectivity index (χ3n) is 19.0. The molecule has 12 aromatic carbocycles. The SMILES string of the molecule is C1=CC2c3ccc4c5cc(-c6ccc7oc8cccc(-c9ccc%10c(c9)c9ccc%11c(c9n%10-c9ccccc9)-c9ccccc9C%119c%10ccccc%10-c%10ccccc%109)c8c7c6)ccc5n(-c5ccccc5)c4c3N(c3ccccc3)C2C=C1. The minimum Gasteiger partial charge on any atom is -0.456 e. The Morgan fingerprint density at radius 3 is 1.58 bits per heavy atom. The van der Waals surface area contributed by atoms with Gasteiger partial charge in [0.2, 0.25) is 0 Å². The average Bonchev–Trinajstić information content (AvgIpc) is 1.97. The van der Waals surface area contributed by atoms with Crippen molar-refractivity contribution >= 4 is 76.9 Å². The molecule has 4 heterocycles. The summed E-state index contributed by atoms with van der Waals surface area (Å²) in [6.45, 7) is 0. The van der Waals surface area contributed by atoms with E-state index in [9.17, 15) is 0 Å². The Labute approximate surface area is 479 Å². The topological polar surface area (TPSA) is 26.2 Å². The van der Waals surface area contributed by atoms with E-state index in [1.165, 1.54) is 105 Å². The fourth-order valence-electron chi connectivity index (χ4n) is 15.8. The van der Waals surface area contributed by atoms with E-state index in [1.54, 1.807) is 0 Å². The van der Waals surface area contributed by atoms with Gasteiger partial charge in [-0.3, -0.25) is 0 Å². The van der Waals surface area contributed by atoms with Gasteiger partial charge in [-0.15, -0.1) is 0 Å². The van der Waals surface area contributed by atoms with Gasteiger partial charge in [0.1, 0.15) is 11.2 Å². The molecule has 0 amide bonds. The van der Waals surface area contributed by atoms with Crippen LogP contribution in [-0.4, -0.2) is 15.2 Å². The van der Waals surface area contributed by atoms with Crippen LogP contribution < -0.4 is 4.90 Å². The van der Waals surface area contributed by atoms with Gasteiger partial charge in [0.05, 0.1) is 39.2 Å². The van der Waals surface area contributed by atoms with Crippen LogP contribution in [0.1, 0.15) is 33.7 Å². The number of nitrogens with zero attached hydrogens (tertiary/aromatic N) is 3. The molecule has 15 aromatic rings. The molecule has 0 saturated heterocycles. The third-order valence-corrected chi connectivity index (χ3v) is 19.0. The van der Waals surface area contributed by atoms with Crippen molar-refractivity contribution in [3.8, 4) is 55.9 Å². The van der Waals surface area contributed by atoms with Gasteiger partial charge in [-0.25, -0.2) is 0 Å². The normalized spacial score (nSPS) is 15.9. The molecule has 4 nitrogen and oxygen atoms in total. The van der Waals surface area contributed by atoms with Crippen molar-refractivity contribution in [3.63, 3.8) is 0 Å². The second kappa shape index (κ2) is 16.7. The van der Waals surface area contributed by atoms with Crippen molar-refractivity contribution in [1.82, 2.24) is 9.13 Å². The van der Waals surface area contributed by atoms with Crippen LogP contribution >= 0.6 is 0 Å². The molecule has 0 bridgehead atoms. The van der Waals surface area contributed by atoms with Gasteiger partial charge in [0.15, 0.2) is 0 Å². The largest absolute Gasteiger partial charge is 0.456 e. The molecule has 386 valence electrons. The molecule has 0 saturated carbocycles. The molecule has 3 aromatic heterocycles. The molecular weight excluding hydrogens is 1010 g/mol. The molecule has 1 spiro atoms. The summed E-state index contributed by atoms with van der Waals surface area (Å²) in [5, 5.41) is 7.13. The van der Waals surface area contributed by atoms with Crippen molar-refractivity contribution < 1.29 is 4.42 Å². The van der Waals surface area contributed by atoms with Crippen LogP contribution in [0, 0.1) is 0 Å². The highest BCUT2D eigenvalue weighted by Gasteiger charge is 2.52. The quantitative estimate of drug-likeness (QED) is 0.172. The lowest BCUT2D eigenvalue weighted by molar-refractivity contribution is 0.669. The first-order valence-corrected chi connectivity index (χ1v) is 29.0. The Morgan fingerprint density at radius 2 is 0.880 bits per heavy atom. The average molecular weight is 1060 g/mol. The molecule has 0 fully saturated rings. The van der Waals surface area contributed by atoms with Crippen LogP contribution in [0.3, 0.4) is 0 Å². The summed E-state index contributed by atoms with van der Waals surface area (Å²) in [7, 11) is 0. The number of furan rings is 1. The molecular formula is C79H49N3O. The maximum atomic E-state index is 6.79. The van der Waals surface area contributed by atoms with Crippen LogP contribution in [0.5, 0.6) is 0 Å². The molecule has 4 aliphatic rings. The smallest absolute Gasteiger partial charge is 0.136 e. The molecule has 0 N–H and O–H groups in total. The van der Waals surface area contributed by atoms with E-state index in [1.807, 2.05) is 0 Å². The van der Waals surface area contributed by atoms with Crippen molar-refractivity contribution in [1.29, 1.82) is 0 Å². The zero-order valence-corrected chi connectivity index (χ0v) is 45.0. The summed E-state index contributed by atoms with van der Waals surface area (Å²) >= 11 is 0. The third kappa shape index (κ3) is 5.93. The lowest BCUT2D eigenvalue weighted by atomic mass is 9.70. The van der Waals surface area contributed by atoms with Gasteiger partial charge in [-0.1, -0.05) is 206 Å². The summed E-state index contributed by atoms with van der Waals surface area (Å²) in [6.07, 6.45) is 9.17. The molecule has 83 heavy (non-hydrogen) atoms. The van der Waals surface area contributed by atoms with Gasteiger partial charge in [0.25, 0.3) is 0 Å². The predicted octanol–water partition coefficient (Wildman–Crippen LogP) is 20.2. The number of aromatic nitrogens is 2. The first-order chi connectivity index (χ1) is 41.2. The zero-order chi connectivity index (χ0) is 54.1. The Balaban J connectivity index is 0.800.